The molecular formula is C31H40ClFN6O4S. The second-order valence-electron chi connectivity index (χ2n) is 11.7. The van der Waals surface area contributed by atoms with Crippen LogP contribution < -0.4 is 21.1 Å². The lowest BCUT2D eigenvalue weighted by Gasteiger charge is -2.49. The number of carbonyl (C=O) groups excluding carboxylic acids is 1. The van der Waals surface area contributed by atoms with Gasteiger partial charge in [0.05, 0.1) is 17.9 Å². The average Bonchev–Trinajstić information content (AvgIpc) is 3.10. The lowest BCUT2D eigenvalue weighted by atomic mass is 9.86. The van der Waals surface area contributed by atoms with E-state index in [-0.39, 0.29) is 30.6 Å². The van der Waals surface area contributed by atoms with Crippen molar-refractivity contribution < 1.29 is 23.0 Å². The molecule has 1 unspecified atom stereocenters. The molecule has 6 N–H and O–H groups in total. The number of aromatic nitrogens is 2. The van der Waals surface area contributed by atoms with E-state index in [0.29, 0.717) is 47.1 Å². The Bertz CT molecular complexity index is 1430. The van der Waals surface area contributed by atoms with Gasteiger partial charge < -0.3 is 21.1 Å². The summed E-state index contributed by atoms with van der Waals surface area (Å²) in [6.07, 6.45) is 5.45. The van der Waals surface area contributed by atoms with Crippen molar-refractivity contribution in [3.8, 4) is 6.01 Å². The molecule has 13 heteroatoms. The summed E-state index contributed by atoms with van der Waals surface area (Å²) in [7, 11) is -2.88. The molecule has 10 nitrogen and oxygen atoms in total. The lowest BCUT2D eigenvalue weighted by molar-refractivity contribution is -0.117. The molecule has 2 aliphatic rings. The Labute approximate surface area is 264 Å². The largest absolute Gasteiger partial charge is 0.461 e. The van der Waals surface area contributed by atoms with Crippen LogP contribution in [-0.2, 0) is 11.2 Å². The smallest absolute Gasteiger partial charge is 0.316 e. The molecule has 238 valence electrons. The molecule has 44 heavy (non-hydrogen) atoms. The van der Waals surface area contributed by atoms with Crippen molar-refractivity contribution in [2.45, 2.75) is 69.7 Å². The average molecular weight is 647 g/mol. The fraction of sp³-hybridized carbons (Fsp3) is 0.452. The number of nitrogens with zero attached hydrogens (tertiary/aromatic N) is 3. The fourth-order valence-electron chi connectivity index (χ4n) is 5.92. The molecule has 3 heterocycles. The standard InChI is InChI=1S/C31H40ClFN6O4S/c1-19(2)43-31-36-15-21(16-37-31)28(20-8-10-22(32)11-9-20)29(34)30(40)38-27-7-3-6-26(33)25(27)13-12-24-17-35-23-5-4-14-44(41,42)39(24)18-23/h3,6-11,15-16,19,23-24,28-29,35,41-42H,4-5,12-14,17-18,34H2,1-2H3,(H,38,40)/t23-,24+,28+,29+/m1/s1. The first-order chi connectivity index (χ1) is 21.0. The Hall–Kier alpha value is -2.84. The number of benzene rings is 2. The number of ether oxygens (including phenoxy) is 1. The third kappa shape index (κ3) is 7.68. The predicted molar refractivity (Wildman–Crippen MR) is 172 cm³/mol. The highest BCUT2D eigenvalue weighted by molar-refractivity contribution is 8.22. The van der Waals surface area contributed by atoms with E-state index in [1.54, 1.807) is 47.0 Å². The summed E-state index contributed by atoms with van der Waals surface area (Å²) in [6.45, 7) is 4.87. The molecule has 2 bridgehead atoms. The number of rotatable bonds is 10. The second kappa shape index (κ2) is 14.1. The molecule has 0 aliphatic carbocycles. The van der Waals surface area contributed by atoms with Crippen molar-refractivity contribution >= 4 is 34.0 Å². The number of fused-ring (bicyclic) bond motifs is 2. The molecular weight excluding hydrogens is 607 g/mol. The second-order valence-corrected chi connectivity index (χ2v) is 14.2. The van der Waals surface area contributed by atoms with Crippen molar-refractivity contribution in [3.05, 3.63) is 82.4 Å². The van der Waals surface area contributed by atoms with Crippen LogP contribution in [0.5, 0.6) is 6.01 Å². The number of piperazine rings is 1. The normalized spacial score (nSPS) is 23.3. The number of halogens is 2. The number of hydrogen-bond donors (Lipinski definition) is 5. The zero-order valence-electron chi connectivity index (χ0n) is 24.8. The Morgan fingerprint density at radius 2 is 1.93 bits per heavy atom. The molecule has 2 saturated heterocycles. The van der Waals surface area contributed by atoms with Gasteiger partial charge in [-0.25, -0.2) is 18.7 Å². The number of carbonyl (C=O) groups is 1. The number of anilines is 1. The van der Waals surface area contributed by atoms with E-state index < -0.39 is 34.5 Å². The van der Waals surface area contributed by atoms with Crippen LogP contribution in [0.25, 0.3) is 0 Å². The highest BCUT2D eigenvalue weighted by Crippen LogP contribution is 2.49. The lowest BCUT2D eigenvalue weighted by Crippen LogP contribution is -2.55. The molecule has 0 saturated carbocycles. The Balaban J connectivity index is 1.35. The zero-order chi connectivity index (χ0) is 31.4. The summed E-state index contributed by atoms with van der Waals surface area (Å²) in [5, 5.41) is 6.89. The van der Waals surface area contributed by atoms with E-state index in [9.17, 15) is 13.9 Å². The summed E-state index contributed by atoms with van der Waals surface area (Å²) in [4.78, 5) is 22.3. The van der Waals surface area contributed by atoms with E-state index >= 15 is 4.39 Å². The maximum atomic E-state index is 15.2. The van der Waals surface area contributed by atoms with Crippen LogP contribution in [0.3, 0.4) is 0 Å². The minimum Gasteiger partial charge on any atom is -0.461 e. The molecule has 2 aromatic carbocycles. The number of hydrogen-bond acceptors (Lipinski definition) is 9. The van der Waals surface area contributed by atoms with E-state index in [1.807, 2.05) is 13.8 Å². The fourth-order valence-corrected chi connectivity index (χ4v) is 7.91. The van der Waals surface area contributed by atoms with Gasteiger partial charge in [-0.1, -0.05) is 29.8 Å². The van der Waals surface area contributed by atoms with E-state index in [0.717, 1.165) is 18.4 Å². The van der Waals surface area contributed by atoms with Crippen LogP contribution in [0.1, 0.15) is 55.7 Å². The van der Waals surface area contributed by atoms with Crippen molar-refractivity contribution in [3.63, 3.8) is 0 Å². The molecule has 2 aliphatic heterocycles. The van der Waals surface area contributed by atoms with Gasteiger partial charge in [-0.15, -0.1) is 10.8 Å². The van der Waals surface area contributed by atoms with Crippen LogP contribution in [-0.4, -0.2) is 72.4 Å². The van der Waals surface area contributed by atoms with E-state index in [2.05, 4.69) is 20.6 Å². The zero-order valence-corrected chi connectivity index (χ0v) is 26.4. The van der Waals surface area contributed by atoms with Crippen LogP contribution in [0, 0.1) is 5.82 Å². The van der Waals surface area contributed by atoms with Crippen LogP contribution in [0.4, 0.5) is 10.1 Å². The van der Waals surface area contributed by atoms with Crippen LogP contribution >= 0.6 is 22.4 Å². The molecule has 1 aromatic heterocycles. The predicted octanol–water partition coefficient (Wildman–Crippen LogP) is 5.19. The first kappa shape index (κ1) is 32.6. The molecule has 3 aromatic rings. The molecule has 2 fully saturated rings. The van der Waals surface area contributed by atoms with Crippen molar-refractivity contribution in [2.24, 2.45) is 5.73 Å². The summed E-state index contributed by atoms with van der Waals surface area (Å²) in [5.74, 6) is -1.26. The Morgan fingerprint density at radius 1 is 1.20 bits per heavy atom. The summed E-state index contributed by atoms with van der Waals surface area (Å²) in [5.41, 5.74) is 8.61. The quantitative estimate of drug-likeness (QED) is 0.201. The van der Waals surface area contributed by atoms with Crippen LogP contribution in [0.15, 0.2) is 54.9 Å². The van der Waals surface area contributed by atoms with Gasteiger partial charge in [-0.3, -0.25) is 13.9 Å². The van der Waals surface area contributed by atoms with Gasteiger partial charge in [-0.2, -0.15) is 0 Å². The maximum Gasteiger partial charge on any atom is 0.316 e. The maximum absolute atomic E-state index is 15.2. The third-order valence-electron chi connectivity index (χ3n) is 8.14. The van der Waals surface area contributed by atoms with Crippen molar-refractivity contribution in [1.29, 1.82) is 0 Å². The minimum absolute atomic E-state index is 0.104. The molecule has 0 radical (unpaired) electrons. The molecule has 0 spiro atoms. The third-order valence-corrected chi connectivity index (χ3v) is 10.4. The molecule has 5 rings (SSSR count). The van der Waals surface area contributed by atoms with Crippen LogP contribution in [0.2, 0.25) is 5.02 Å². The van der Waals surface area contributed by atoms with E-state index in [4.69, 9.17) is 22.1 Å². The van der Waals surface area contributed by atoms with Gasteiger partial charge in [0.15, 0.2) is 0 Å². The SMILES string of the molecule is CC(C)Oc1ncc([C@H](c2ccc(Cl)cc2)[C@H](N)C(=O)Nc2cccc(F)c2CC[C@H]2CN[C@@H]3CCCS(O)(O)N2C3)cn1. The Kier molecular flexibility index (Phi) is 10.4. The van der Waals surface area contributed by atoms with Gasteiger partial charge in [0.2, 0.25) is 5.91 Å². The molecule has 1 amide bonds. The van der Waals surface area contributed by atoms with Crippen molar-refractivity contribution in [2.75, 3.05) is 24.2 Å². The summed E-state index contributed by atoms with van der Waals surface area (Å²) < 4.78 is 44.2. The summed E-state index contributed by atoms with van der Waals surface area (Å²) >= 11 is 6.13. The minimum atomic E-state index is -2.88. The van der Waals surface area contributed by atoms with Gasteiger partial charge >= 0.3 is 6.01 Å². The number of nitrogens with one attached hydrogen (secondary N) is 2. The van der Waals surface area contributed by atoms with Gasteiger partial charge in [0, 0.05) is 59.8 Å². The van der Waals surface area contributed by atoms with Gasteiger partial charge in [0.1, 0.15) is 5.82 Å². The number of nitrogens with two attached hydrogens (primary N) is 1. The first-order valence-corrected chi connectivity index (χ1v) is 16.9. The van der Waals surface area contributed by atoms with Gasteiger partial charge in [-0.05, 0) is 74.9 Å². The summed E-state index contributed by atoms with van der Waals surface area (Å²) in [6, 6.07) is 10.7. The highest BCUT2D eigenvalue weighted by Gasteiger charge is 2.38. The highest BCUT2D eigenvalue weighted by atomic mass is 35.5. The van der Waals surface area contributed by atoms with Gasteiger partial charge in [0.25, 0.3) is 0 Å². The topological polar surface area (TPSA) is 146 Å². The Morgan fingerprint density at radius 3 is 2.64 bits per heavy atom. The monoisotopic (exact) mass is 646 g/mol. The molecule has 5 atom stereocenters. The van der Waals surface area contributed by atoms with E-state index in [1.165, 1.54) is 12.1 Å². The first-order valence-electron chi connectivity index (χ1n) is 14.9. The number of amides is 1. The van der Waals surface area contributed by atoms with Crippen molar-refractivity contribution in [1.82, 2.24) is 19.6 Å².